The van der Waals surface area contributed by atoms with E-state index in [0.29, 0.717) is 24.5 Å². The van der Waals surface area contributed by atoms with Gasteiger partial charge in [0.05, 0.1) is 0 Å². The van der Waals surface area contributed by atoms with Crippen molar-refractivity contribution >= 4 is 6.09 Å². The fourth-order valence-electron chi connectivity index (χ4n) is 3.22. The van der Waals surface area contributed by atoms with Gasteiger partial charge in [-0.05, 0) is 59.3 Å². The highest BCUT2D eigenvalue weighted by molar-refractivity contribution is 5.67. The van der Waals surface area contributed by atoms with Crippen molar-refractivity contribution in [1.82, 2.24) is 10.6 Å². The fourth-order valence-corrected chi connectivity index (χ4v) is 3.22. The molecule has 1 aliphatic carbocycles. The minimum Gasteiger partial charge on any atom is -0.444 e. The quantitative estimate of drug-likeness (QED) is 0.650. The van der Waals surface area contributed by atoms with Crippen LogP contribution >= 0.6 is 0 Å². The maximum Gasteiger partial charge on any atom is 0.407 e. The van der Waals surface area contributed by atoms with Crippen LogP contribution in [0.2, 0.25) is 0 Å². The molecule has 2 unspecified atom stereocenters. The summed E-state index contributed by atoms with van der Waals surface area (Å²) in [6.45, 7) is 12.3. The van der Waals surface area contributed by atoms with Crippen molar-refractivity contribution < 1.29 is 9.53 Å². The zero-order valence-corrected chi connectivity index (χ0v) is 15.5. The van der Waals surface area contributed by atoms with Crippen molar-refractivity contribution in [3.63, 3.8) is 0 Å². The third kappa shape index (κ3) is 8.99. The topological polar surface area (TPSA) is 50.4 Å². The molecule has 1 aliphatic rings. The third-order valence-electron chi connectivity index (χ3n) is 4.39. The molecule has 1 rings (SSSR count). The van der Waals surface area contributed by atoms with E-state index in [1.807, 2.05) is 26.8 Å². The van der Waals surface area contributed by atoms with Gasteiger partial charge in [-0.1, -0.05) is 25.3 Å². The van der Waals surface area contributed by atoms with Crippen LogP contribution in [0.5, 0.6) is 0 Å². The Kier molecular flexibility index (Phi) is 8.67. The summed E-state index contributed by atoms with van der Waals surface area (Å²) in [7, 11) is 0. The second kappa shape index (κ2) is 9.96. The number of carbonyl (C=O) groups is 1. The minimum atomic E-state index is -0.449. The third-order valence-corrected chi connectivity index (χ3v) is 4.39. The Labute approximate surface area is 142 Å². The lowest BCUT2D eigenvalue weighted by Gasteiger charge is -2.33. The first-order valence-corrected chi connectivity index (χ1v) is 9.15. The van der Waals surface area contributed by atoms with E-state index in [4.69, 9.17) is 4.74 Å². The summed E-state index contributed by atoms with van der Waals surface area (Å²) < 4.78 is 5.35. The van der Waals surface area contributed by atoms with Crippen LogP contribution in [0.1, 0.15) is 72.6 Å². The first-order chi connectivity index (χ1) is 10.8. The van der Waals surface area contributed by atoms with Gasteiger partial charge in [0, 0.05) is 18.6 Å². The molecular weight excluding hydrogens is 288 g/mol. The molecule has 0 spiro atoms. The molecule has 0 bridgehead atoms. The zero-order valence-electron chi connectivity index (χ0n) is 15.5. The lowest BCUT2D eigenvalue weighted by atomic mass is 9.83. The predicted molar refractivity (Wildman–Crippen MR) is 96.6 cm³/mol. The molecule has 23 heavy (non-hydrogen) atoms. The van der Waals surface area contributed by atoms with Gasteiger partial charge in [-0.3, -0.25) is 0 Å². The van der Waals surface area contributed by atoms with Gasteiger partial charge in [0.15, 0.2) is 0 Å². The van der Waals surface area contributed by atoms with Crippen LogP contribution < -0.4 is 10.6 Å². The summed E-state index contributed by atoms with van der Waals surface area (Å²) >= 11 is 0. The van der Waals surface area contributed by atoms with Crippen molar-refractivity contribution in [3.05, 3.63) is 12.7 Å². The molecule has 134 valence electrons. The molecule has 0 aliphatic heterocycles. The van der Waals surface area contributed by atoms with E-state index in [-0.39, 0.29) is 6.09 Å². The second-order valence-electron chi connectivity index (χ2n) is 7.82. The van der Waals surface area contributed by atoms with Crippen LogP contribution in [-0.4, -0.2) is 30.3 Å². The fraction of sp³-hybridized carbons (Fsp3) is 0.842. The molecule has 0 heterocycles. The summed E-state index contributed by atoms with van der Waals surface area (Å²) in [6.07, 6.45) is 10.2. The monoisotopic (exact) mass is 324 g/mol. The van der Waals surface area contributed by atoms with Crippen molar-refractivity contribution in [2.45, 2.75) is 90.3 Å². The molecule has 0 radical (unpaired) electrons. The van der Waals surface area contributed by atoms with Gasteiger partial charge in [0.2, 0.25) is 0 Å². The van der Waals surface area contributed by atoms with Gasteiger partial charge in [-0.15, -0.1) is 6.58 Å². The van der Waals surface area contributed by atoms with Gasteiger partial charge in [0.25, 0.3) is 0 Å². The molecule has 4 nitrogen and oxygen atoms in total. The normalized spacial score (nSPS) is 19.0. The number of amides is 1. The number of allylic oxidation sites excluding steroid dienone is 1. The van der Waals surface area contributed by atoms with Crippen LogP contribution in [0.4, 0.5) is 4.79 Å². The zero-order chi connectivity index (χ0) is 17.3. The number of alkyl carbamates (subject to hydrolysis) is 1. The lowest BCUT2D eigenvalue weighted by Crippen LogP contribution is -2.49. The highest BCUT2D eigenvalue weighted by Gasteiger charge is 2.26. The van der Waals surface area contributed by atoms with Crippen LogP contribution in [-0.2, 0) is 4.74 Å². The molecule has 2 atom stereocenters. The van der Waals surface area contributed by atoms with E-state index in [2.05, 4.69) is 24.1 Å². The Morgan fingerprint density at radius 1 is 1.30 bits per heavy atom. The molecule has 1 fully saturated rings. The minimum absolute atomic E-state index is 0.321. The molecule has 2 N–H and O–H groups in total. The number of nitrogens with one attached hydrogen (secondary N) is 2. The highest BCUT2D eigenvalue weighted by Crippen LogP contribution is 2.26. The van der Waals surface area contributed by atoms with Gasteiger partial charge in [-0.2, -0.15) is 0 Å². The van der Waals surface area contributed by atoms with Crippen molar-refractivity contribution in [2.75, 3.05) is 6.54 Å². The first-order valence-electron chi connectivity index (χ1n) is 9.15. The van der Waals surface area contributed by atoms with Crippen LogP contribution in [0.3, 0.4) is 0 Å². The molecular formula is C19H36N2O2. The summed E-state index contributed by atoms with van der Waals surface area (Å²) in [4.78, 5) is 11.9. The molecule has 0 saturated heterocycles. The van der Waals surface area contributed by atoms with Crippen LogP contribution in [0.25, 0.3) is 0 Å². The number of hydrogen-bond acceptors (Lipinski definition) is 3. The molecule has 0 aromatic heterocycles. The van der Waals surface area contributed by atoms with Crippen LogP contribution in [0, 0.1) is 5.92 Å². The van der Waals surface area contributed by atoms with Crippen molar-refractivity contribution in [2.24, 2.45) is 5.92 Å². The van der Waals surface area contributed by atoms with Crippen LogP contribution in [0.15, 0.2) is 12.7 Å². The Morgan fingerprint density at radius 3 is 2.52 bits per heavy atom. The predicted octanol–water partition coefficient (Wildman–Crippen LogP) is 4.40. The second-order valence-corrected chi connectivity index (χ2v) is 7.82. The van der Waals surface area contributed by atoms with Gasteiger partial charge >= 0.3 is 6.09 Å². The summed E-state index contributed by atoms with van der Waals surface area (Å²) in [5, 5.41) is 6.68. The van der Waals surface area contributed by atoms with Crippen molar-refractivity contribution in [3.8, 4) is 0 Å². The molecule has 1 amide bonds. The van der Waals surface area contributed by atoms with E-state index in [1.165, 1.54) is 32.1 Å². The summed E-state index contributed by atoms with van der Waals surface area (Å²) in [5.41, 5.74) is -0.449. The molecule has 1 saturated carbocycles. The lowest BCUT2D eigenvalue weighted by molar-refractivity contribution is 0.0514. The van der Waals surface area contributed by atoms with Gasteiger partial charge < -0.3 is 15.4 Å². The smallest absolute Gasteiger partial charge is 0.407 e. The van der Waals surface area contributed by atoms with E-state index < -0.39 is 5.60 Å². The number of carbonyl (C=O) groups excluding carboxylic acids is 1. The Balaban J connectivity index is 2.52. The average Bonchev–Trinajstić information content (AvgIpc) is 2.48. The first kappa shape index (κ1) is 20.0. The van der Waals surface area contributed by atoms with E-state index in [0.717, 1.165) is 12.8 Å². The summed E-state index contributed by atoms with van der Waals surface area (Å²) in [6, 6.07) is 0.753. The van der Waals surface area contributed by atoms with E-state index in [9.17, 15) is 4.79 Å². The maximum absolute atomic E-state index is 11.9. The Morgan fingerprint density at radius 2 is 1.96 bits per heavy atom. The SMILES string of the molecule is C=CCCC(C)NC(CNC(=O)OC(C)(C)C)C1CCCCC1. The molecule has 0 aromatic carbocycles. The average molecular weight is 325 g/mol. The number of rotatable bonds is 8. The van der Waals surface area contributed by atoms with Gasteiger partial charge in [-0.25, -0.2) is 4.79 Å². The Bertz CT molecular complexity index is 357. The highest BCUT2D eigenvalue weighted by atomic mass is 16.6. The van der Waals surface area contributed by atoms with E-state index >= 15 is 0 Å². The maximum atomic E-state index is 11.9. The summed E-state index contributed by atoms with van der Waals surface area (Å²) in [5.74, 6) is 0.643. The molecule has 4 heteroatoms. The number of hydrogen-bond donors (Lipinski definition) is 2. The number of ether oxygens (including phenoxy) is 1. The largest absolute Gasteiger partial charge is 0.444 e. The van der Waals surface area contributed by atoms with E-state index in [1.54, 1.807) is 0 Å². The van der Waals surface area contributed by atoms with Gasteiger partial charge in [0.1, 0.15) is 5.60 Å². The van der Waals surface area contributed by atoms with Crippen molar-refractivity contribution in [1.29, 1.82) is 0 Å². The molecule has 0 aromatic rings. The standard InChI is InChI=1S/C19H36N2O2/c1-6-7-11-15(2)21-17(16-12-9-8-10-13-16)14-20-18(22)23-19(3,4)5/h6,15-17,21H,1,7-14H2,2-5H3,(H,20,22). The Hall–Kier alpha value is -1.03.